The molecule has 0 saturated carbocycles. The van der Waals surface area contributed by atoms with Crippen molar-refractivity contribution in [3.63, 3.8) is 0 Å². The van der Waals surface area contributed by atoms with Gasteiger partial charge in [0, 0.05) is 62.0 Å². The number of aromatic nitrogens is 3. The molecule has 1 aliphatic heterocycles. The molecule has 2 heterocycles. The van der Waals surface area contributed by atoms with Crippen molar-refractivity contribution < 1.29 is 19.2 Å². The molecule has 1 aliphatic rings. The van der Waals surface area contributed by atoms with Gasteiger partial charge in [0.1, 0.15) is 5.69 Å². The van der Waals surface area contributed by atoms with Crippen LogP contribution in [0.15, 0.2) is 48.5 Å². The highest BCUT2D eigenvalue weighted by Gasteiger charge is 2.30. The van der Waals surface area contributed by atoms with Gasteiger partial charge in [-0.2, -0.15) is 0 Å². The molecule has 0 spiro atoms. The van der Waals surface area contributed by atoms with Crippen molar-refractivity contribution in [1.29, 1.82) is 0 Å². The highest BCUT2D eigenvalue weighted by molar-refractivity contribution is 6.00. The van der Waals surface area contributed by atoms with E-state index >= 15 is 0 Å². The number of aryl methyl sites for hydroxylation is 1. The number of carbonyl (C=O) groups is 4. The molecule has 240 valence electrons. The molecule has 0 atom stereocenters. The monoisotopic (exact) mass is 615 g/mol. The summed E-state index contributed by atoms with van der Waals surface area (Å²) in [6.07, 6.45) is 2.26. The zero-order valence-electron chi connectivity index (χ0n) is 27.2. The number of rotatable bonds is 12. The lowest BCUT2D eigenvalue weighted by Gasteiger charge is -2.30. The van der Waals surface area contributed by atoms with E-state index < -0.39 is 11.1 Å². The van der Waals surface area contributed by atoms with Gasteiger partial charge in [0.05, 0.1) is 17.9 Å². The molecular formula is C34H45N7O4. The van der Waals surface area contributed by atoms with Crippen molar-refractivity contribution in [3.05, 3.63) is 54.1 Å². The fourth-order valence-electron chi connectivity index (χ4n) is 5.80. The number of carbonyl (C=O) groups excluding carboxylic acids is 4. The second-order valence-corrected chi connectivity index (χ2v) is 13.0. The summed E-state index contributed by atoms with van der Waals surface area (Å²) in [6, 6.07) is 15.7. The average molecular weight is 616 g/mol. The van der Waals surface area contributed by atoms with Crippen LogP contribution in [-0.2, 0) is 32.3 Å². The summed E-state index contributed by atoms with van der Waals surface area (Å²) in [7, 11) is 0. The van der Waals surface area contributed by atoms with E-state index in [9.17, 15) is 19.2 Å². The van der Waals surface area contributed by atoms with Crippen molar-refractivity contribution in [2.75, 3.05) is 11.4 Å². The Morgan fingerprint density at radius 1 is 0.822 bits per heavy atom. The van der Waals surface area contributed by atoms with Gasteiger partial charge in [-0.05, 0) is 58.6 Å². The highest BCUT2D eigenvalue weighted by atomic mass is 16.2. The van der Waals surface area contributed by atoms with Gasteiger partial charge in [0.2, 0.25) is 23.6 Å². The van der Waals surface area contributed by atoms with Gasteiger partial charge < -0.3 is 20.9 Å². The molecule has 0 saturated heterocycles. The van der Waals surface area contributed by atoms with E-state index in [0.717, 1.165) is 28.1 Å². The predicted octanol–water partition coefficient (Wildman–Crippen LogP) is 4.35. The predicted molar refractivity (Wildman–Crippen MR) is 174 cm³/mol. The summed E-state index contributed by atoms with van der Waals surface area (Å²) >= 11 is 0. The highest BCUT2D eigenvalue weighted by Crippen LogP contribution is 2.41. The molecule has 1 aromatic heterocycles. The van der Waals surface area contributed by atoms with Crippen LogP contribution in [0.5, 0.6) is 0 Å². The zero-order chi connectivity index (χ0) is 32.8. The maximum absolute atomic E-state index is 13.8. The van der Waals surface area contributed by atoms with Crippen LogP contribution in [0.4, 0.5) is 5.69 Å². The molecule has 45 heavy (non-hydrogen) atoms. The smallest absolute Gasteiger partial charge is 0.227 e. The van der Waals surface area contributed by atoms with E-state index in [4.69, 9.17) is 0 Å². The third-order valence-corrected chi connectivity index (χ3v) is 7.93. The van der Waals surface area contributed by atoms with Crippen molar-refractivity contribution in [2.45, 2.75) is 97.8 Å². The van der Waals surface area contributed by atoms with E-state index in [0.29, 0.717) is 51.0 Å². The third-order valence-electron chi connectivity index (χ3n) is 7.93. The first-order valence-corrected chi connectivity index (χ1v) is 15.5. The Bertz CT molecular complexity index is 1560. The van der Waals surface area contributed by atoms with Gasteiger partial charge in [-0.1, -0.05) is 47.7 Å². The Hall–Kier alpha value is -4.54. The lowest BCUT2D eigenvalue weighted by atomic mass is 9.94. The second kappa shape index (κ2) is 14.0. The summed E-state index contributed by atoms with van der Waals surface area (Å²) in [4.78, 5) is 51.1. The largest absolute Gasteiger partial charge is 0.356 e. The lowest BCUT2D eigenvalue weighted by Crippen LogP contribution is -2.43. The molecule has 11 heteroatoms. The first-order chi connectivity index (χ1) is 21.3. The maximum Gasteiger partial charge on any atom is 0.227 e. The second-order valence-electron chi connectivity index (χ2n) is 13.0. The van der Waals surface area contributed by atoms with Crippen LogP contribution in [0.2, 0.25) is 0 Å². The number of fused-ring (bicyclic) bond motifs is 5. The fourth-order valence-corrected chi connectivity index (χ4v) is 5.80. The minimum Gasteiger partial charge on any atom is -0.356 e. The molecule has 2 aromatic carbocycles. The Kier molecular flexibility index (Phi) is 10.4. The van der Waals surface area contributed by atoms with Crippen LogP contribution in [0.3, 0.4) is 0 Å². The van der Waals surface area contributed by atoms with Crippen molar-refractivity contribution in [3.8, 4) is 22.5 Å². The number of nitrogens with one attached hydrogen (secondary N) is 3. The van der Waals surface area contributed by atoms with Crippen molar-refractivity contribution in [2.24, 2.45) is 0 Å². The molecule has 0 bridgehead atoms. The van der Waals surface area contributed by atoms with E-state index in [-0.39, 0.29) is 30.0 Å². The van der Waals surface area contributed by atoms with Gasteiger partial charge in [0.15, 0.2) is 0 Å². The number of nitrogens with zero attached hydrogens (tertiary/aromatic N) is 4. The van der Waals surface area contributed by atoms with E-state index in [1.807, 2.05) is 85.8 Å². The third kappa shape index (κ3) is 8.77. The van der Waals surface area contributed by atoms with Gasteiger partial charge in [-0.25, -0.2) is 4.68 Å². The van der Waals surface area contributed by atoms with Gasteiger partial charge in [0.25, 0.3) is 0 Å². The van der Waals surface area contributed by atoms with Crippen molar-refractivity contribution >= 4 is 29.3 Å². The molecule has 4 rings (SSSR count). The minimum atomic E-state index is -0.514. The molecule has 3 N–H and O–H groups in total. The number of anilines is 1. The van der Waals surface area contributed by atoms with Crippen LogP contribution < -0.4 is 20.9 Å². The fraction of sp³-hybridized carbons (Fsp3) is 0.471. The van der Waals surface area contributed by atoms with Crippen LogP contribution in [0, 0.1) is 0 Å². The molecular weight excluding hydrogens is 570 g/mol. The Labute approximate surface area is 265 Å². The zero-order valence-corrected chi connectivity index (χ0v) is 27.2. The summed E-state index contributed by atoms with van der Waals surface area (Å²) in [6.45, 7) is 12.0. The maximum atomic E-state index is 13.8. The van der Waals surface area contributed by atoms with Gasteiger partial charge in [-0.3, -0.25) is 19.2 Å². The molecule has 0 aliphatic carbocycles. The van der Waals surface area contributed by atoms with E-state index in [1.54, 1.807) is 0 Å². The number of hydrogen-bond acceptors (Lipinski definition) is 6. The van der Waals surface area contributed by atoms with Gasteiger partial charge in [-0.15, -0.1) is 5.10 Å². The molecule has 0 radical (unpaired) electrons. The first-order valence-electron chi connectivity index (χ1n) is 15.5. The lowest BCUT2D eigenvalue weighted by molar-refractivity contribution is -0.123. The summed E-state index contributed by atoms with van der Waals surface area (Å²) in [5.74, 6) is -0.345. The van der Waals surface area contributed by atoms with Crippen LogP contribution in [0.25, 0.3) is 22.5 Å². The molecule has 0 fully saturated rings. The number of benzene rings is 2. The Morgan fingerprint density at radius 3 is 2.09 bits per heavy atom. The number of hydrogen-bond donors (Lipinski definition) is 3. The van der Waals surface area contributed by atoms with Crippen molar-refractivity contribution in [1.82, 2.24) is 30.9 Å². The summed E-state index contributed by atoms with van der Waals surface area (Å²) in [5.41, 5.74) is 4.11. The summed E-state index contributed by atoms with van der Waals surface area (Å²) < 4.78 is 1.88. The topological polar surface area (TPSA) is 138 Å². The standard InChI is InChI=1S/C34H45N7O4/c1-23(42)36-33(3,4)18-16-29(44)35-20-11-21-41-32-26-13-8-7-12-25(26)22-40(30(45)17-19-34(5,6)37-24(2)43)28-15-10-9-14-27(28)31(32)38-39-41/h7-10,12-15H,11,16-22H2,1-6H3,(H,35,44)(H,36,42)(H,37,43). The normalized spacial score (nSPS) is 12.6. The molecule has 3 aromatic rings. The van der Waals surface area contributed by atoms with Crippen LogP contribution in [0.1, 0.15) is 79.2 Å². The quantitative estimate of drug-likeness (QED) is 0.259. The number of amides is 4. The van der Waals surface area contributed by atoms with E-state index in [1.165, 1.54) is 13.8 Å². The molecule has 0 unspecified atom stereocenters. The van der Waals surface area contributed by atoms with Crippen LogP contribution >= 0.6 is 0 Å². The average Bonchev–Trinajstić information content (AvgIpc) is 3.37. The molecule has 11 nitrogen and oxygen atoms in total. The van der Waals surface area contributed by atoms with Crippen LogP contribution in [-0.4, -0.2) is 56.2 Å². The Balaban J connectivity index is 1.53. The Morgan fingerprint density at radius 2 is 1.42 bits per heavy atom. The number of para-hydroxylation sites is 1. The minimum absolute atomic E-state index is 0.0391. The SMILES string of the molecule is CC(=O)NC(C)(C)CCC(=O)NCCCn1nnc2c1-c1ccccc1CN(C(=O)CCC(C)(C)NC(C)=O)c1ccccc1-2. The van der Waals surface area contributed by atoms with Gasteiger partial charge >= 0.3 is 0 Å². The molecule has 4 amide bonds. The first kappa shape index (κ1) is 33.4. The summed E-state index contributed by atoms with van der Waals surface area (Å²) in [5, 5.41) is 17.9. The van der Waals surface area contributed by atoms with E-state index in [2.05, 4.69) is 26.3 Å².